The lowest BCUT2D eigenvalue weighted by atomic mass is 10.1. The third kappa shape index (κ3) is 4.52. The van der Waals surface area contributed by atoms with Crippen molar-refractivity contribution in [2.45, 2.75) is 30.6 Å². The molecule has 0 spiro atoms. The van der Waals surface area contributed by atoms with E-state index in [0.29, 0.717) is 43.6 Å². The first-order valence-electron chi connectivity index (χ1n) is 10.6. The molecule has 2 heterocycles. The molecule has 0 saturated carbocycles. The maximum atomic E-state index is 13.1. The SMILES string of the molecule is CS(=O)(=O)c1ccc(CC(=O)N2CCCN2C(=O)c2ccc(N3CCCC3=O)cc2)cc1. The molecule has 3 amide bonds. The van der Waals surface area contributed by atoms with Gasteiger partial charge in [-0.1, -0.05) is 12.1 Å². The lowest BCUT2D eigenvalue weighted by molar-refractivity contribution is -0.139. The maximum Gasteiger partial charge on any atom is 0.272 e. The first kappa shape index (κ1) is 22.0. The van der Waals surface area contributed by atoms with Crippen LogP contribution in [0.3, 0.4) is 0 Å². The van der Waals surface area contributed by atoms with Crippen molar-refractivity contribution in [3.63, 3.8) is 0 Å². The standard InChI is InChI=1S/C23H25N3O5S/c1-32(30,31)20-11-5-17(6-12-20)16-22(28)25-14-3-15-26(25)23(29)18-7-9-19(10-8-18)24-13-2-4-21(24)27/h5-12H,2-4,13-16H2,1H3. The van der Waals surface area contributed by atoms with Crippen molar-refractivity contribution in [3.05, 3.63) is 59.7 Å². The van der Waals surface area contributed by atoms with Crippen LogP contribution in [0.1, 0.15) is 35.2 Å². The van der Waals surface area contributed by atoms with E-state index in [-0.39, 0.29) is 29.0 Å². The number of amides is 3. The molecule has 0 bridgehead atoms. The van der Waals surface area contributed by atoms with Gasteiger partial charge in [0.15, 0.2) is 9.84 Å². The Bertz CT molecular complexity index is 1140. The minimum absolute atomic E-state index is 0.0732. The molecule has 0 aliphatic carbocycles. The van der Waals surface area contributed by atoms with Gasteiger partial charge in [-0.3, -0.25) is 19.4 Å². The monoisotopic (exact) mass is 455 g/mol. The molecule has 32 heavy (non-hydrogen) atoms. The molecule has 0 aromatic heterocycles. The van der Waals surface area contributed by atoms with Crippen molar-refractivity contribution < 1.29 is 22.8 Å². The fourth-order valence-electron chi connectivity index (χ4n) is 4.06. The summed E-state index contributed by atoms with van der Waals surface area (Å²) in [4.78, 5) is 39.8. The lowest BCUT2D eigenvalue weighted by Gasteiger charge is -2.28. The second kappa shape index (κ2) is 8.74. The fourth-order valence-corrected chi connectivity index (χ4v) is 4.69. The number of rotatable bonds is 5. The zero-order valence-electron chi connectivity index (χ0n) is 17.9. The summed E-state index contributed by atoms with van der Waals surface area (Å²) in [6.07, 6.45) is 3.27. The third-order valence-electron chi connectivity index (χ3n) is 5.76. The molecule has 0 N–H and O–H groups in total. The Labute approximate surface area is 187 Å². The third-order valence-corrected chi connectivity index (χ3v) is 6.89. The summed E-state index contributed by atoms with van der Waals surface area (Å²) in [7, 11) is -3.30. The molecular weight excluding hydrogens is 430 g/mol. The van der Waals surface area contributed by atoms with Gasteiger partial charge in [0, 0.05) is 43.6 Å². The predicted molar refractivity (Wildman–Crippen MR) is 119 cm³/mol. The van der Waals surface area contributed by atoms with Crippen molar-refractivity contribution in [3.8, 4) is 0 Å². The highest BCUT2D eigenvalue weighted by molar-refractivity contribution is 7.90. The normalized spacial score (nSPS) is 16.7. The highest BCUT2D eigenvalue weighted by Gasteiger charge is 2.31. The molecule has 2 saturated heterocycles. The molecule has 4 rings (SSSR count). The Balaban J connectivity index is 1.44. The first-order valence-corrected chi connectivity index (χ1v) is 12.4. The number of hydrogen-bond acceptors (Lipinski definition) is 5. The smallest absolute Gasteiger partial charge is 0.272 e. The van der Waals surface area contributed by atoms with Crippen molar-refractivity contribution in [2.75, 3.05) is 30.8 Å². The van der Waals surface area contributed by atoms with Gasteiger partial charge in [-0.25, -0.2) is 13.4 Å². The Morgan fingerprint density at radius 1 is 0.875 bits per heavy atom. The van der Waals surface area contributed by atoms with Gasteiger partial charge in [-0.05, 0) is 54.8 Å². The summed E-state index contributed by atoms with van der Waals surface area (Å²) in [5.74, 6) is -0.394. The van der Waals surface area contributed by atoms with Crippen LogP contribution in [0.4, 0.5) is 5.69 Å². The van der Waals surface area contributed by atoms with E-state index in [1.807, 2.05) is 0 Å². The van der Waals surface area contributed by atoms with E-state index in [9.17, 15) is 22.8 Å². The van der Waals surface area contributed by atoms with Crippen LogP contribution in [0.2, 0.25) is 0 Å². The topological polar surface area (TPSA) is 95.1 Å². The van der Waals surface area contributed by atoms with Crippen molar-refractivity contribution in [1.29, 1.82) is 0 Å². The van der Waals surface area contributed by atoms with Gasteiger partial charge < -0.3 is 4.90 Å². The number of carbonyl (C=O) groups is 3. The van der Waals surface area contributed by atoms with Crippen LogP contribution in [0.25, 0.3) is 0 Å². The minimum Gasteiger partial charge on any atom is -0.312 e. The Morgan fingerprint density at radius 2 is 1.53 bits per heavy atom. The highest BCUT2D eigenvalue weighted by Crippen LogP contribution is 2.23. The maximum absolute atomic E-state index is 13.1. The summed E-state index contributed by atoms with van der Waals surface area (Å²) in [5, 5.41) is 2.92. The van der Waals surface area contributed by atoms with Crippen molar-refractivity contribution in [2.24, 2.45) is 0 Å². The molecule has 0 unspecified atom stereocenters. The molecule has 168 valence electrons. The molecule has 8 nitrogen and oxygen atoms in total. The minimum atomic E-state index is -3.30. The average Bonchev–Trinajstić information content (AvgIpc) is 3.42. The molecule has 0 radical (unpaired) electrons. The summed E-state index contributed by atoms with van der Waals surface area (Å²) < 4.78 is 23.2. The van der Waals surface area contributed by atoms with Gasteiger partial charge in [0.05, 0.1) is 11.3 Å². The number of hydrogen-bond donors (Lipinski definition) is 0. The van der Waals surface area contributed by atoms with Crippen LogP contribution in [0, 0.1) is 0 Å². The van der Waals surface area contributed by atoms with Gasteiger partial charge in [-0.15, -0.1) is 0 Å². The largest absolute Gasteiger partial charge is 0.312 e. The van der Waals surface area contributed by atoms with Gasteiger partial charge in [-0.2, -0.15) is 0 Å². The number of hydrazine groups is 1. The summed E-state index contributed by atoms with van der Waals surface area (Å²) in [6, 6.07) is 13.1. The van der Waals surface area contributed by atoms with Crippen LogP contribution in [-0.4, -0.2) is 62.0 Å². The summed E-state index contributed by atoms with van der Waals surface area (Å²) in [6.45, 7) is 1.59. The molecular formula is C23H25N3O5S. The molecule has 2 fully saturated rings. The molecule has 2 aliphatic heterocycles. The summed E-state index contributed by atoms with van der Waals surface area (Å²) >= 11 is 0. The van der Waals surface area contributed by atoms with Gasteiger partial charge in [0.25, 0.3) is 5.91 Å². The number of benzene rings is 2. The van der Waals surface area contributed by atoms with Gasteiger partial charge in [0.1, 0.15) is 0 Å². The molecule has 2 aromatic rings. The van der Waals surface area contributed by atoms with Crippen LogP contribution in [0.5, 0.6) is 0 Å². The number of anilines is 1. The summed E-state index contributed by atoms with van der Waals surface area (Å²) in [5.41, 5.74) is 1.91. The van der Waals surface area contributed by atoms with Gasteiger partial charge >= 0.3 is 0 Å². The zero-order valence-corrected chi connectivity index (χ0v) is 18.7. The molecule has 0 atom stereocenters. The Morgan fingerprint density at radius 3 is 2.12 bits per heavy atom. The van der Waals surface area contributed by atoms with Crippen LogP contribution in [-0.2, 0) is 25.8 Å². The van der Waals surface area contributed by atoms with E-state index >= 15 is 0 Å². The second-order valence-corrected chi connectivity index (χ2v) is 10.1. The van der Waals surface area contributed by atoms with Crippen LogP contribution in [0.15, 0.2) is 53.4 Å². The van der Waals surface area contributed by atoms with Crippen molar-refractivity contribution in [1.82, 2.24) is 10.0 Å². The number of carbonyl (C=O) groups excluding carboxylic acids is 3. The predicted octanol–water partition coefficient (Wildman–Crippen LogP) is 2.05. The highest BCUT2D eigenvalue weighted by atomic mass is 32.2. The Hall–Kier alpha value is -3.20. The Kier molecular flexibility index (Phi) is 6.01. The van der Waals surface area contributed by atoms with E-state index in [2.05, 4.69) is 0 Å². The molecule has 2 aromatic carbocycles. The van der Waals surface area contributed by atoms with E-state index in [4.69, 9.17) is 0 Å². The zero-order chi connectivity index (χ0) is 22.9. The molecule has 9 heteroatoms. The van der Waals surface area contributed by atoms with E-state index < -0.39 is 9.84 Å². The van der Waals surface area contributed by atoms with Gasteiger partial charge in [0.2, 0.25) is 11.8 Å². The number of sulfone groups is 1. The second-order valence-electron chi connectivity index (χ2n) is 8.09. The quantitative estimate of drug-likeness (QED) is 0.688. The van der Waals surface area contributed by atoms with Crippen LogP contribution < -0.4 is 4.90 Å². The van der Waals surface area contributed by atoms with Crippen molar-refractivity contribution >= 4 is 33.2 Å². The van der Waals surface area contributed by atoms with E-state index in [0.717, 1.165) is 18.4 Å². The van der Waals surface area contributed by atoms with E-state index in [1.54, 1.807) is 41.3 Å². The van der Waals surface area contributed by atoms with E-state index in [1.165, 1.54) is 22.2 Å². The first-order chi connectivity index (χ1) is 15.2. The fraction of sp³-hybridized carbons (Fsp3) is 0.348. The number of nitrogens with zero attached hydrogens (tertiary/aromatic N) is 3. The lowest BCUT2D eigenvalue weighted by Crippen LogP contribution is -2.45. The average molecular weight is 456 g/mol. The molecule has 2 aliphatic rings. The van der Waals surface area contributed by atoms with Crippen LogP contribution >= 0.6 is 0 Å².